The molecule has 1 amide bonds. The summed E-state index contributed by atoms with van der Waals surface area (Å²) in [6.45, 7) is 0.430. The number of pyridine rings is 1. The Bertz CT molecular complexity index is 1090. The number of amides is 1. The molecule has 0 spiro atoms. The molecule has 4 aromatic rings. The summed E-state index contributed by atoms with van der Waals surface area (Å²) in [5.74, 6) is 0.635. The molecular formula is C26H22N2O2. The fourth-order valence-electron chi connectivity index (χ4n) is 3.15. The first-order valence-corrected chi connectivity index (χ1v) is 9.82. The van der Waals surface area contributed by atoms with Gasteiger partial charge in [0, 0.05) is 29.7 Å². The Morgan fingerprint density at radius 3 is 2.37 bits per heavy atom. The van der Waals surface area contributed by atoms with Gasteiger partial charge in [-0.15, -0.1) is 0 Å². The molecule has 4 nitrogen and oxygen atoms in total. The Morgan fingerprint density at radius 2 is 1.60 bits per heavy atom. The van der Waals surface area contributed by atoms with Crippen molar-refractivity contribution < 1.29 is 9.53 Å². The van der Waals surface area contributed by atoms with Crippen molar-refractivity contribution in [1.82, 2.24) is 4.98 Å². The van der Waals surface area contributed by atoms with E-state index in [-0.39, 0.29) is 5.91 Å². The van der Waals surface area contributed by atoms with E-state index in [1.165, 1.54) is 0 Å². The molecule has 0 atom stereocenters. The second kappa shape index (κ2) is 9.52. The second-order valence-electron chi connectivity index (χ2n) is 6.97. The van der Waals surface area contributed by atoms with Crippen LogP contribution >= 0.6 is 0 Å². The number of nitrogens with one attached hydrogen (secondary N) is 1. The van der Waals surface area contributed by atoms with Gasteiger partial charge in [-0.2, -0.15) is 0 Å². The monoisotopic (exact) mass is 394 g/mol. The van der Waals surface area contributed by atoms with E-state index in [0.29, 0.717) is 24.5 Å². The lowest BCUT2D eigenvalue weighted by molar-refractivity contribution is -0.115. The molecule has 1 N–H and O–H groups in total. The van der Waals surface area contributed by atoms with Gasteiger partial charge in [-0.1, -0.05) is 66.7 Å². The van der Waals surface area contributed by atoms with Gasteiger partial charge in [-0.3, -0.25) is 9.78 Å². The highest BCUT2D eigenvalue weighted by atomic mass is 16.5. The van der Waals surface area contributed by atoms with Crippen LogP contribution in [0.4, 0.5) is 5.69 Å². The number of carbonyl (C=O) groups is 1. The third-order valence-electron chi connectivity index (χ3n) is 4.67. The lowest BCUT2D eigenvalue weighted by Crippen LogP contribution is -2.14. The molecule has 0 aliphatic carbocycles. The molecule has 0 bridgehead atoms. The predicted molar refractivity (Wildman–Crippen MR) is 119 cm³/mol. The fraction of sp³-hybridized carbons (Fsp3) is 0.0769. The van der Waals surface area contributed by atoms with E-state index in [1.807, 2.05) is 78.9 Å². The van der Waals surface area contributed by atoms with Crippen LogP contribution in [0.5, 0.6) is 5.75 Å². The van der Waals surface area contributed by atoms with Crippen molar-refractivity contribution >= 4 is 11.6 Å². The van der Waals surface area contributed by atoms with Crippen molar-refractivity contribution in [2.24, 2.45) is 0 Å². The topological polar surface area (TPSA) is 51.2 Å². The van der Waals surface area contributed by atoms with Crippen LogP contribution in [0.25, 0.3) is 11.1 Å². The number of carbonyl (C=O) groups excluding carboxylic acids is 1. The number of benzene rings is 3. The van der Waals surface area contributed by atoms with Gasteiger partial charge in [0.05, 0.1) is 6.42 Å². The number of nitrogens with zero attached hydrogens (tertiary/aromatic N) is 1. The van der Waals surface area contributed by atoms with Crippen LogP contribution in [-0.2, 0) is 17.8 Å². The number of rotatable bonds is 7. The molecule has 1 aromatic heterocycles. The molecule has 0 fully saturated rings. The number of aromatic nitrogens is 1. The molecule has 1 heterocycles. The lowest BCUT2D eigenvalue weighted by Gasteiger charge is -2.10. The summed E-state index contributed by atoms with van der Waals surface area (Å²) in [6.07, 6.45) is 3.82. The fourth-order valence-corrected chi connectivity index (χ4v) is 3.15. The van der Waals surface area contributed by atoms with Crippen LogP contribution in [-0.4, -0.2) is 10.9 Å². The Kier molecular flexibility index (Phi) is 6.16. The van der Waals surface area contributed by atoms with Gasteiger partial charge in [0.1, 0.15) is 12.4 Å². The van der Waals surface area contributed by atoms with E-state index in [0.717, 1.165) is 22.3 Å². The molecule has 30 heavy (non-hydrogen) atoms. The highest BCUT2D eigenvalue weighted by Crippen LogP contribution is 2.21. The second-order valence-corrected chi connectivity index (χ2v) is 6.97. The van der Waals surface area contributed by atoms with E-state index in [1.54, 1.807) is 12.4 Å². The minimum absolute atomic E-state index is 0.0631. The first-order chi connectivity index (χ1) is 14.8. The molecule has 4 heteroatoms. The minimum Gasteiger partial charge on any atom is -0.489 e. The largest absolute Gasteiger partial charge is 0.489 e. The van der Waals surface area contributed by atoms with Gasteiger partial charge in [-0.05, 0) is 34.9 Å². The lowest BCUT2D eigenvalue weighted by atomic mass is 10.0. The van der Waals surface area contributed by atoms with Crippen molar-refractivity contribution in [2.75, 3.05) is 5.32 Å². The van der Waals surface area contributed by atoms with E-state index >= 15 is 0 Å². The van der Waals surface area contributed by atoms with Gasteiger partial charge in [-0.25, -0.2) is 0 Å². The van der Waals surface area contributed by atoms with Gasteiger partial charge < -0.3 is 10.1 Å². The minimum atomic E-state index is -0.0631. The van der Waals surface area contributed by atoms with Gasteiger partial charge >= 0.3 is 0 Å². The van der Waals surface area contributed by atoms with Crippen LogP contribution in [0.15, 0.2) is 103 Å². The average Bonchev–Trinajstić information content (AvgIpc) is 2.80. The van der Waals surface area contributed by atoms with Gasteiger partial charge in [0.15, 0.2) is 0 Å². The number of ether oxygens (including phenoxy) is 1. The highest BCUT2D eigenvalue weighted by molar-refractivity contribution is 5.92. The highest BCUT2D eigenvalue weighted by Gasteiger charge is 2.06. The van der Waals surface area contributed by atoms with E-state index < -0.39 is 0 Å². The Morgan fingerprint density at radius 1 is 0.800 bits per heavy atom. The van der Waals surface area contributed by atoms with Crippen LogP contribution in [0.3, 0.4) is 0 Å². The van der Waals surface area contributed by atoms with E-state index in [4.69, 9.17) is 4.74 Å². The zero-order valence-electron chi connectivity index (χ0n) is 16.5. The first kappa shape index (κ1) is 19.4. The molecule has 4 rings (SSSR count). The van der Waals surface area contributed by atoms with Crippen LogP contribution < -0.4 is 10.1 Å². The summed E-state index contributed by atoms with van der Waals surface area (Å²) >= 11 is 0. The summed E-state index contributed by atoms with van der Waals surface area (Å²) < 4.78 is 5.80. The maximum Gasteiger partial charge on any atom is 0.228 e. The summed E-state index contributed by atoms with van der Waals surface area (Å²) in [6, 6.07) is 29.5. The molecule has 0 saturated carbocycles. The summed E-state index contributed by atoms with van der Waals surface area (Å²) in [7, 11) is 0. The van der Waals surface area contributed by atoms with Gasteiger partial charge in [0.2, 0.25) is 5.91 Å². The normalized spacial score (nSPS) is 10.4. The van der Waals surface area contributed by atoms with Crippen molar-refractivity contribution in [1.29, 1.82) is 0 Å². The van der Waals surface area contributed by atoms with E-state index in [9.17, 15) is 4.79 Å². The SMILES string of the molecule is O=C(Cc1ccc(-c2ccccc2)cc1)Nc1cccc(OCc2cccnc2)c1. The third kappa shape index (κ3) is 5.32. The van der Waals surface area contributed by atoms with Crippen molar-refractivity contribution in [3.63, 3.8) is 0 Å². The average molecular weight is 394 g/mol. The van der Waals surface area contributed by atoms with E-state index in [2.05, 4.69) is 22.4 Å². The van der Waals surface area contributed by atoms with Crippen molar-refractivity contribution in [3.05, 3.63) is 115 Å². The molecule has 3 aromatic carbocycles. The molecular weight excluding hydrogens is 372 g/mol. The maximum absolute atomic E-state index is 12.5. The number of hydrogen-bond donors (Lipinski definition) is 1. The van der Waals surface area contributed by atoms with Crippen molar-refractivity contribution in [2.45, 2.75) is 13.0 Å². The zero-order chi connectivity index (χ0) is 20.6. The Labute approximate surface area is 176 Å². The molecule has 0 saturated heterocycles. The smallest absolute Gasteiger partial charge is 0.228 e. The first-order valence-electron chi connectivity index (χ1n) is 9.82. The summed E-state index contributed by atoms with van der Waals surface area (Å²) in [4.78, 5) is 16.5. The zero-order valence-corrected chi connectivity index (χ0v) is 16.5. The van der Waals surface area contributed by atoms with Gasteiger partial charge in [0.25, 0.3) is 0 Å². The summed E-state index contributed by atoms with van der Waals surface area (Å²) in [5.41, 5.74) is 4.97. The molecule has 0 unspecified atom stereocenters. The van der Waals surface area contributed by atoms with Crippen molar-refractivity contribution in [3.8, 4) is 16.9 Å². The molecule has 148 valence electrons. The third-order valence-corrected chi connectivity index (χ3v) is 4.67. The van der Waals surface area contributed by atoms with Crippen LogP contribution in [0.1, 0.15) is 11.1 Å². The molecule has 0 aliphatic rings. The predicted octanol–water partition coefficient (Wildman–Crippen LogP) is 5.51. The van der Waals surface area contributed by atoms with Crippen LogP contribution in [0, 0.1) is 0 Å². The maximum atomic E-state index is 12.5. The summed E-state index contributed by atoms with van der Waals surface area (Å²) in [5, 5.41) is 2.94. The van der Waals surface area contributed by atoms with Crippen LogP contribution in [0.2, 0.25) is 0 Å². The number of hydrogen-bond acceptors (Lipinski definition) is 3. The standard InChI is InChI=1S/C26H22N2O2/c29-26(16-20-11-13-23(14-12-20)22-7-2-1-3-8-22)28-24-9-4-10-25(17-24)30-19-21-6-5-15-27-18-21/h1-15,17-18H,16,19H2,(H,28,29). The number of anilines is 1. The molecule has 0 radical (unpaired) electrons. The Balaban J connectivity index is 1.33. The molecule has 0 aliphatic heterocycles. The quantitative estimate of drug-likeness (QED) is 0.450. The Hall–Kier alpha value is -3.92.